The number of nitrogens with one attached hydrogen (secondary N) is 1. The number of aliphatic hydroxyl groups is 1. The van der Waals surface area contributed by atoms with Crippen molar-refractivity contribution in [3.05, 3.63) is 47.1 Å². The van der Waals surface area contributed by atoms with E-state index in [2.05, 4.69) is 5.32 Å². The molecular weight excluding hydrogens is 476 g/mol. The second-order valence-electron chi connectivity index (χ2n) is 9.97. The van der Waals surface area contributed by atoms with Gasteiger partial charge in [-0.05, 0) is 74.8 Å². The number of ether oxygens (including phenoxy) is 3. The Balaban J connectivity index is 2.47. The normalized spacial score (nSPS) is 31.4. The third-order valence-corrected chi connectivity index (χ3v) is 6.88. The molecule has 9 nitrogen and oxygen atoms in total. The first kappa shape index (κ1) is 30.3. The molecule has 6 atom stereocenters. The van der Waals surface area contributed by atoms with E-state index < -0.39 is 30.5 Å². The van der Waals surface area contributed by atoms with E-state index in [9.17, 15) is 19.8 Å². The Kier molecular flexibility index (Phi) is 11.6. The number of fused-ring (bicyclic) bond motifs is 2. The number of hydrogen-bond acceptors (Lipinski definition) is 7. The molecule has 5 N–H and O–H groups in total. The van der Waals surface area contributed by atoms with Gasteiger partial charge in [0.15, 0.2) is 6.10 Å². The Morgan fingerprint density at radius 3 is 2.43 bits per heavy atom. The number of amides is 2. The first-order chi connectivity index (χ1) is 17.5. The molecule has 1 heterocycles. The van der Waals surface area contributed by atoms with Gasteiger partial charge in [-0.15, -0.1) is 0 Å². The zero-order valence-corrected chi connectivity index (χ0v) is 22.7. The lowest BCUT2D eigenvalue weighted by Crippen LogP contribution is -2.37. The number of phenols is 1. The highest BCUT2D eigenvalue weighted by atomic mass is 16.6. The third kappa shape index (κ3) is 8.87. The van der Waals surface area contributed by atoms with Crippen molar-refractivity contribution in [2.24, 2.45) is 17.6 Å². The number of methoxy groups -OCH3 is 2. The maximum Gasteiger partial charge on any atom is 0.405 e. The molecule has 1 aromatic carbocycles. The molecule has 37 heavy (non-hydrogen) atoms. The summed E-state index contributed by atoms with van der Waals surface area (Å²) in [4.78, 5) is 24.4. The Hall–Kier alpha value is -2.88. The molecule has 0 saturated carbocycles. The highest BCUT2D eigenvalue weighted by Crippen LogP contribution is 2.29. The van der Waals surface area contributed by atoms with Gasteiger partial charge in [-0.2, -0.15) is 0 Å². The van der Waals surface area contributed by atoms with E-state index >= 15 is 0 Å². The number of rotatable bonds is 3. The molecule has 0 fully saturated rings. The van der Waals surface area contributed by atoms with E-state index in [0.717, 1.165) is 0 Å². The molecule has 0 spiro atoms. The van der Waals surface area contributed by atoms with Crippen LogP contribution in [0.5, 0.6) is 5.75 Å². The van der Waals surface area contributed by atoms with E-state index in [1.807, 2.05) is 19.9 Å². The monoisotopic (exact) mass is 518 g/mol. The molecule has 9 heteroatoms. The molecule has 1 aromatic rings. The zero-order chi connectivity index (χ0) is 27.7. The molecule has 0 aliphatic carbocycles. The number of phenolic OH excluding ortho intramolecular Hbond substituents is 1. The number of aliphatic hydroxyl groups excluding tert-OH is 1. The van der Waals surface area contributed by atoms with E-state index in [0.29, 0.717) is 48.1 Å². The van der Waals surface area contributed by atoms with Crippen molar-refractivity contribution in [3.8, 4) is 5.75 Å². The van der Waals surface area contributed by atoms with Crippen molar-refractivity contribution < 1.29 is 34.0 Å². The number of allylic oxidation sites excluding steroid dienone is 1. The molecule has 2 bridgehead atoms. The molecule has 1 unspecified atom stereocenters. The van der Waals surface area contributed by atoms with Crippen LogP contribution in [0.1, 0.15) is 52.5 Å². The van der Waals surface area contributed by atoms with Gasteiger partial charge in [0.05, 0.1) is 18.3 Å². The lowest BCUT2D eigenvalue weighted by atomic mass is 9.88. The highest BCUT2D eigenvalue weighted by Gasteiger charge is 2.30. The number of anilines is 1. The van der Waals surface area contributed by atoms with E-state index in [4.69, 9.17) is 19.9 Å². The SMILES string of the molecule is CO[C@H]1CC/C=C(\C)C(=O)Nc2ccc(O)c(c2)C[C@@H](C)C[C@H](OC)[C@@H](O)C(C)/C=C(\C)[C@@H]1OC(N)=O. The molecule has 1 aliphatic heterocycles. The fourth-order valence-corrected chi connectivity index (χ4v) is 4.77. The summed E-state index contributed by atoms with van der Waals surface area (Å²) in [6, 6.07) is 4.99. The topological polar surface area (TPSA) is 140 Å². The Labute approximate surface area is 219 Å². The highest BCUT2D eigenvalue weighted by molar-refractivity contribution is 6.03. The standard InChI is InChI=1S/C28H42N2O7/c1-16-12-20-15-21(10-11-22(20)31)30-27(33)17(2)8-7-9-23(35-5)26(37-28(29)34)19(4)14-18(3)25(32)24(13-16)36-6/h8,10-11,14-16,18,23-26,31-32H,7,9,12-13H2,1-6H3,(H2,29,34)(H,30,33)/b17-8+,19-14+/t16-,18?,23+,24+,25+,26+/m1/s1. The quantitative estimate of drug-likeness (QED) is 0.349. The van der Waals surface area contributed by atoms with Gasteiger partial charge < -0.3 is 35.5 Å². The number of carbonyl (C=O) groups is 2. The van der Waals surface area contributed by atoms with Gasteiger partial charge in [-0.25, -0.2) is 4.79 Å². The molecule has 0 radical (unpaired) electrons. The number of carbonyl (C=O) groups excluding carboxylic acids is 2. The van der Waals surface area contributed by atoms with Gasteiger partial charge in [0.25, 0.3) is 5.91 Å². The van der Waals surface area contributed by atoms with Crippen molar-refractivity contribution in [2.75, 3.05) is 19.5 Å². The van der Waals surface area contributed by atoms with E-state index in [1.165, 1.54) is 7.11 Å². The van der Waals surface area contributed by atoms with Crippen LogP contribution in [0.2, 0.25) is 0 Å². The second-order valence-corrected chi connectivity index (χ2v) is 9.97. The maximum absolute atomic E-state index is 12.8. The lowest BCUT2D eigenvalue weighted by molar-refractivity contribution is -0.112. The number of primary amides is 1. The van der Waals surface area contributed by atoms with Crippen LogP contribution >= 0.6 is 0 Å². The molecule has 0 saturated heterocycles. The maximum atomic E-state index is 12.8. The van der Waals surface area contributed by atoms with Crippen molar-refractivity contribution >= 4 is 17.7 Å². The Morgan fingerprint density at radius 2 is 1.81 bits per heavy atom. The summed E-state index contributed by atoms with van der Waals surface area (Å²) in [6.07, 6.45) is 2.17. The van der Waals surface area contributed by atoms with Gasteiger partial charge in [0.2, 0.25) is 0 Å². The fourth-order valence-electron chi connectivity index (χ4n) is 4.77. The third-order valence-electron chi connectivity index (χ3n) is 6.88. The van der Waals surface area contributed by atoms with Gasteiger partial charge in [0, 0.05) is 31.4 Å². The van der Waals surface area contributed by atoms with Crippen LogP contribution in [0.3, 0.4) is 0 Å². The van der Waals surface area contributed by atoms with Gasteiger partial charge in [-0.3, -0.25) is 4.79 Å². The van der Waals surface area contributed by atoms with Crippen LogP contribution in [-0.2, 0) is 25.4 Å². The molecular formula is C28H42N2O7. The minimum absolute atomic E-state index is 0.0567. The average molecular weight is 519 g/mol. The number of nitrogens with two attached hydrogens (primary N) is 1. The van der Waals surface area contributed by atoms with Crippen LogP contribution in [0.15, 0.2) is 41.5 Å². The first-order valence-electron chi connectivity index (χ1n) is 12.6. The van der Waals surface area contributed by atoms with Crippen LogP contribution in [0, 0.1) is 11.8 Å². The van der Waals surface area contributed by atoms with Crippen LogP contribution < -0.4 is 11.1 Å². The minimum Gasteiger partial charge on any atom is -0.508 e. The summed E-state index contributed by atoms with van der Waals surface area (Å²) < 4.78 is 16.7. The first-order valence-corrected chi connectivity index (χ1v) is 12.6. The molecule has 206 valence electrons. The van der Waals surface area contributed by atoms with Crippen LogP contribution in [-0.4, -0.2) is 60.8 Å². The fraction of sp³-hybridized carbons (Fsp3) is 0.571. The predicted octanol–water partition coefficient (Wildman–Crippen LogP) is 4.08. The van der Waals surface area contributed by atoms with Gasteiger partial charge in [-0.1, -0.05) is 26.0 Å². The average Bonchev–Trinajstić information content (AvgIpc) is 2.84. The summed E-state index contributed by atoms with van der Waals surface area (Å²) in [5, 5.41) is 24.4. The van der Waals surface area contributed by atoms with Crippen molar-refractivity contribution in [1.82, 2.24) is 0 Å². The summed E-state index contributed by atoms with van der Waals surface area (Å²) >= 11 is 0. The molecule has 0 aromatic heterocycles. The summed E-state index contributed by atoms with van der Waals surface area (Å²) in [6.45, 7) is 7.42. The van der Waals surface area contributed by atoms with E-state index in [-0.39, 0.29) is 23.5 Å². The van der Waals surface area contributed by atoms with Crippen molar-refractivity contribution in [2.45, 2.75) is 77.8 Å². The Bertz CT molecular complexity index is 991. The number of hydrogen-bond donors (Lipinski definition) is 4. The van der Waals surface area contributed by atoms with Crippen molar-refractivity contribution in [1.29, 1.82) is 0 Å². The summed E-state index contributed by atoms with van der Waals surface area (Å²) in [7, 11) is 3.08. The summed E-state index contributed by atoms with van der Waals surface area (Å²) in [5.41, 5.74) is 7.85. The smallest absolute Gasteiger partial charge is 0.405 e. The predicted molar refractivity (Wildman–Crippen MR) is 142 cm³/mol. The molecule has 1 aliphatic rings. The number of aromatic hydroxyl groups is 1. The van der Waals surface area contributed by atoms with Crippen molar-refractivity contribution in [3.63, 3.8) is 0 Å². The lowest BCUT2D eigenvalue weighted by Gasteiger charge is -2.30. The minimum atomic E-state index is -0.925. The zero-order valence-electron chi connectivity index (χ0n) is 22.7. The number of benzene rings is 1. The molecule has 2 amide bonds. The van der Waals surface area contributed by atoms with Gasteiger partial charge in [0.1, 0.15) is 5.75 Å². The van der Waals surface area contributed by atoms with Gasteiger partial charge >= 0.3 is 6.09 Å². The largest absolute Gasteiger partial charge is 0.508 e. The van der Waals surface area contributed by atoms with E-state index in [1.54, 1.807) is 45.2 Å². The summed E-state index contributed by atoms with van der Waals surface area (Å²) in [5.74, 6) is -0.373. The second kappa shape index (κ2) is 14.2. The molecule has 2 rings (SSSR count). The Morgan fingerprint density at radius 1 is 1.14 bits per heavy atom. The van der Waals surface area contributed by atoms with Crippen LogP contribution in [0.4, 0.5) is 10.5 Å². The van der Waals surface area contributed by atoms with Crippen LogP contribution in [0.25, 0.3) is 0 Å².